The van der Waals surface area contributed by atoms with E-state index in [0.29, 0.717) is 0 Å². The molecular formula is C13H20N2. The summed E-state index contributed by atoms with van der Waals surface area (Å²) in [7, 11) is 0. The summed E-state index contributed by atoms with van der Waals surface area (Å²) in [6, 6.07) is 8.97. The summed E-state index contributed by atoms with van der Waals surface area (Å²) >= 11 is 0. The molecule has 0 radical (unpaired) electrons. The topological polar surface area (TPSA) is 29.3 Å². The minimum Gasteiger partial charge on any atom is -0.397 e. The lowest BCUT2D eigenvalue weighted by Crippen LogP contribution is -2.27. The first kappa shape index (κ1) is 10.3. The van der Waals surface area contributed by atoms with E-state index in [4.69, 9.17) is 5.73 Å². The van der Waals surface area contributed by atoms with Gasteiger partial charge in [0.05, 0.1) is 11.4 Å². The average molecular weight is 204 g/mol. The van der Waals surface area contributed by atoms with Crippen molar-refractivity contribution in [2.75, 3.05) is 17.2 Å². The summed E-state index contributed by atoms with van der Waals surface area (Å²) in [5.74, 6) is 0. The standard InChI is InChI=1S/C13H20N2/c1-2-3-10-15(11-8-9-11)13-7-5-4-6-12(13)14/h4-7,11H,2-3,8-10,14H2,1H3. The lowest BCUT2D eigenvalue weighted by molar-refractivity contribution is 0.714. The molecule has 0 heterocycles. The average Bonchev–Trinajstić information content (AvgIpc) is 3.05. The number of hydrogen-bond donors (Lipinski definition) is 1. The van der Waals surface area contributed by atoms with Crippen molar-refractivity contribution in [3.8, 4) is 0 Å². The van der Waals surface area contributed by atoms with Crippen molar-refractivity contribution in [3.05, 3.63) is 24.3 Å². The van der Waals surface area contributed by atoms with Gasteiger partial charge in [-0.2, -0.15) is 0 Å². The van der Waals surface area contributed by atoms with Crippen molar-refractivity contribution in [1.82, 2.24) is 0 Å². The highest BCUT2D eigenvalue weighted by molar-refractivity contribution is 5.68. The van der Waals surface area contributed by atoms with Crippen molar-refractivity contribution in [2.24, 2.45) is 0 Å². The van der Waals surface area contributed by atoms with Gasteiger partial charge >= 0.3 is 0 Å². The van der Waals surface area contributed by atoms with Gasteiger partial charge in [0.25, 0.3) is 0 Å². The van der Waals surface area contributed by atoms with Gasteiger partial charge in [0.15, 0.2) is 0 Å². The molecule has 15 heavy (non-hydrogen) atoms. The third-order valence-corrected chi connectivity index (χ3v) is 2.99. The number of unbranched alkanes of at least 4 members (excludes halogenated alkanes) is 1. The third-order valence-electron chi connectivity index (χ3n) is 2.99. The van der Waals surface area contributed by atoms with Gasteiger partial charge in [-0.1, -0.05) is 25.5 Å². The van der Waals surface area contributed by atoms with Crippen LogP contribution in [0.15, 0.2) is 24.3 Å². The van der Waals surface area contributed by atoms with E-state index in [1.807, 2.05) is 12.1 Å². The first-order chi connectivity index (χ1) is 7.33. The number of anilines is 2. The van der Waals surface area contributed by atoms with E-state index in [1.165, 1.54) is 31.4 Å². The van der Waals surface area contributed by atoms with Crippen LogP contribution in [0.4, 0.5) is 11.4 Å². The minimum absolute atomic E-state index is 0.751. The number of benzene rings is 1. The number of nitrogen functional groups attached to an aromatic ring is 1. The van der Waals surface area contributed by atoms with E-state index >= 15 is 0 Å². The van der Waals surface area contributed by atoms with E-state index in [-0.39, 0.29) is 0 Å². The third kappa shape index (κ3) is 2.44. The van der Waals surface area contributed by atoms with Crippen molar-refractivity contribution < 1.29 is 0 Å². The van der Waals surface area contributed by atoms with Crippen LogP contribution >= 0.6 is 0 Å². The highest BCUT2D eigenvalue weighted by Gasteiger charge is 2.29. The molecule has 0 unspecified atom stereocenters. The second kappa shape index (κ2) is 4.56. The number of para-hydroxylation sites is 2. The molecule has 2 nitrogen and oxygen atoms in total. The molecule has 2 N–H and O–H groups in total. The number of nitrogens with zero attached hydrogens (tertiary/aromatic N) is 1. The van der Waals surface area contributed by atoms with E-state index in [0.717, 1.165) is 18.3 Å². The van der Waals surface area contributed by atoms with Crippen molar-refractivity contribution >= 4 is 11.4 Å². The maximum absolute atomic E-state index is 6.02. The molecule has 1 aliphatic rings. The molecule has 1 aromatic carbocycles. The second-order valence-corrected chi connectivity index (χ2v) is 4.34. The Labute approximate surface area is 92.1 Å². The van der Waals surface area contributed by atoms with Crippen molar-refractivity contribution in [3.63, 3.8) is 0 Å². The second-order valence-electron chi connectivity index (χ2n) is 4.34. The van der Waals surface area contributed by atoms with Gasteiger partial charge in [-0.15, -0.1) is 0 Å². The van der Waals surface area contributed by atoms with Gasteiger partial charge in [-0.25, -0.2) is 0 Å². The molecule has 1 aliphatic carbocycles. The Kier molecular flexibility index (Phi) is 3.14. The maximum atomic E-state index is 6.02. The van der Waals surface area contributed by atoms with Crippen molar-refractivity contribution in [2.45, 2.75) is 38.6 Å². The van der Waals surface area contributed by atoms with E-state index in [9.17, 15) is 0 Å². The molecule has 0 saturated heterocycles. The Morgan fingerprint density at radius 3 is 2.67 bits per heavy atom. The molecular weight excluding hydrogens is 184 g/mol. The van der Waals surface area contributed by atoms with Gasteiger partial charge in [0, 0.05) is 12.6 Å². The number of hydrogen-bond acceptors (Lipinski definition) is 2. The predicted molar refractivity (Wildman–Crippen MR) is 66.1 cm³/mol. The molecule has 2 heteroatoms. The van der Waals surface area contributed by atoms with Gasteiger partial charge in [-0.3, -0.25) is 0 Å². The molecule has 0 atom stereocenters. The Bertz CT molecular complexity index is 318. The van der Waals surface area contributed by atoms with Gasteiger partial charge in [-0.05, 0) is 31.4 Å². The fourth-order valence-corrected chi connectivity index (χ4v) is 1.96. The van der Waals surface area contributed by atoms with Crippen LogP contribution in [0.1, 0.15) is 32.6 Å². The maximum Gasteiger partial charge on any atom is 0.0602 e. The molecule has 82 valence electrons. The minimum atomic E-state index is 0.751. The predicted octanol–water partition coefficient (Wildman–Crippen LogP) is 3.04. The van der Waals surface area contributed by atoms with Crippen LogP contribution in [0.2, 0.25) is 0 Å². The van der Waals surface area contributed by atoms with Crippen LogP contribution in [0.5, 0.6) is 0 Å². The van der Waals surface area contributed by atoms with Crippen molar-refractivity contribution in [1.29, 1.82) is 0 Å². The Balaban J connectivity index is 2.13. The lowest BCUT2D eigenvalue weighted by atomic mass is 10.2. The molecule has 0 aliphatic heterocycles. The quantitative estimate of drug-likeness (QED) is 0.747. The van der Waals surface area contributed by atoms with Crippen LogP contribution in [0.25, 0.3) is 0 Å². The van der Waals surface area contributed by atoms with Gasteiger partial charge in [0.2, 0.25) is 0 Å². The van der Waals surface area contributed by atoms with Crippen LogP contribution in [0, 0.1) is 0 Å². The summed E-state index contributed by atoms with van der Waals surface area (Å²) in [6.07, 6.45) is 5.16. The van der Waals surface area contributed by atoms with Crippen LogP contribution < -0.4 is 10.6 Å². The zero-order chi connectivity index (χ0) is 10.7. The van der Waals surface area contributed by atoms with Crippen LogP contribution in [-0.4, -0.2) is 12.6 Å². The van der Waals surface area contributed by atoms with Gasteiger partial charge < -0.3 is 10.6 Å². The van der Waals surface area contributed by atoms with Gasteiger partial charge in [0.1, 0.15) is 0 Å². The summed E-state index contributed by atoms with van der Waals surface area (Å²) in [4.78, 5) is 2.48. The zero-order valence-electron chi connectivity index (χ0n) is 9.45. The lowest BCUT2D eigenvalue weighted by Gasteiger charge is -2.25. The molecule has 0 amide bonds. The highest BCUT2D eigenvalue weighted by atomic mass is 15.2. The Morgan fingerprint density at radius 2 is 2.07 bits per heavy atom. The zero-order valence-corrected chi connectivity index (χ0v) is 9.45. The Hall–Kier alpha value is -1.18. The fourth-order valence-electron chi connectivity index (χ4n) is 1.96. The molecule has 1 fully saturated rings. The van der Waals surface area contributed by atoms with E-state index in [1.54, 1.807) is 0 Å². The highest BCUT2D eigenvalue weighted by Crippen LogP contribution is 2.34. The van der Waals surface area contributed by atoms with E-state index < -0.39 is 0 Å². The van der Waals surface area contributed by atoms with E-state index in [2.05, 4.69) is 24.0 Å². The molecule has 1 saturated carbocycles. The number of nitrogens with two attached hydrogens (primary N) is 1. The van der Waals surface area contributed by atoms with Crippen LogP contribution in [-0.2, 0) is 0 Å². The first-order valence-electron chi connectivity index (χ1n) is 5.94. The molecule has 2 rings (SSSR count). The molecule has 0 aromatic heterocycles. The number of rotatable bonds is 5. The molecule has 0 bridgehead atoms. The summed E-state index contributed by atoms with van der Waals surface area (Å²) in [5, 5.41) is 0. The monoisotopic (exact) mass is 204 g/mol. The summed E-state index contributed by atoms with van der Waals surface area (Å²) in [6.45, 7) is 3.38. The first-order valence-corrected chi connectivity index (χ1v) is 5.94. The molecule has 1 aromatic rings. The smallest absolute Gasteiger partial charge is 0.0602 e. The largest absolute Gasteiger partial charge is 0.397 e. The summed E-state index contributed by atoms with van der Waals surface area (Å²) in [5.41, 5.74) is 8.16. The SMILES string of the molecule is CCCCN(c1ccccc1N)C1CC1. The van der Waals surface area contributed by atoms with Crippen LogP contribution in [0.3, 0.4) is 0 Å². The normalized spacial score (nSPS) is 15.3. The molecule has 0 spiro atoms. The Morgan fingerprint density at radius 1 is 1.33 bits per heavy atom. The summed E-state index contributed by atoms with van der Waals surface area (Å²) < 4.78 is 0. The fraction of sp³-hybridized carbons (Fsp3) is 0.538.